The Kier molecular flexibility index (Phi) is 8.14. The zero-order valence-electron chi connectivity index (χ0n) is 25.1. The summed E-state index contributed by atoms with van der Waals surface area (Å²) in [5.41, 5.74) is 7.56. The third-order valence-corrected chi connectivity index (χ3v) is 7.16. The first-order valence-corrected chi connectivity index (χ1v) is 14.5. The zero-order valence-corrected chi connectivity index (χ0v) is 25.1. The van der Waals surface area contributed by atoms with Gasteiger partial charge in [-0.15, -0.1) is 0 Å². The molecule has 0 aliphatic rings. The van der Waals surface area contributed by atoms with Crippen molar-refractivity contribution in [1.29, 1.82) is 0 Å². The molecule has 0 aliphatic carbocycles. The molecule has 10 nitrogen and oxygen atoms in total. The van der Waals surface area contributed by atoms with Crippen molar-refractivity contribution in [3.05, 3.63) is 78.6 Å². The number of pyridine rings is 2. The molecule has 0 radical (unpaired) electrons. The average molecular weight is 592 g/mol. The monoisotopic (exact) mass is 591 g/mol. The van der Waals surface area contributed by atoms with Gasteiger partial charge in [-0.25, -0.2) is 9.37 Å². The highest BCUT2D eigenvalue weighted by atomic mass is 19.1. The van der Waals surface area contributed by atoms with Crippen LogP contribution in [0.4, 0.5) is 10.1 Å². The summed E-state index contributed by atoms with van der Waals surface area (Å²) in [6, 6.07) is 12.9. The van der Waals surface area contributed by atoms with E-state index in [0.717, 1.165) is 38.7 Å². The van der Waals surface area contributed by atoms with E-state index in [9.17, 15) is 9.18 Å². The van der Waals surface area contributed by atoms with Crippen LogP contribution < -0.4 is 10.6 Å². The molecule has 44 heavy (non-hydrogen) atoms. The highest BCUT2D eigenvalue weighted by Gasteiger charge is 2.17. The molecular weight excluding hydrogens is 557 g/mol. The maximum atomic E-state index is 14.7. The number of hydrogen-bond donors (Lipinski definition) is 4. The van der Waals surface area contributed by atoms with Gasteiger partial charge in [0.15, 0.2) is 5.82 Å². The number of carbonyl (C=O) groups is 1. The lowest BCUT2D eigenvalue weighted by molar-refractivity contribution is -0.116. The third-order valence-electron chi connectivity index (χ3n) is 7.16. The number of fused-ring (bicyclic) bond motifs is 2. The Labute approximate surface area is 254 Å². The highest BCUT2D eigenvalue weighted by Crippen LogP contribution is 2.33. The molecule has 6 rings (SSSR count). The fourth-order valence-corrected chi connectivity index (χ4v) is 5.21. The average Bonchev–Trinajstić information content (AvgIpc) is 3.60. The number of halogens is 1. The van der Waals surface area contributed by atoms with E-state index in [-0.39, 0.29) is 17.6 Å². The van der Waals surface area contributed by atoms with Crippen molar-refractivity contribution >= 4 is 33.5 Å². The second-order valence-electron chi connectivity index (χ2n) is 11.6. The summed E-state index contributed by atoms with van der Waals surface area (Å²) in [5.74, 6) is 0.469. The Balaban J connectivity index is 1.33. The van der Waals surface area contributed by atoms with Crippen LogP contribution in [-0.4, -0.2) is 61.7 Å². The summed E-state index contributed by atoms with van der Waals surface area (Å²) in [5, 5.41) is 14.8. The van der Waals surface area contributed by atoms with Gasteiger partial charge in [-0.05, 0) is 73.1 Å². The first-order chi connectivity index (χ1) is 21.2. The molecule has 0 atom stereocenters. The van der Waals surface area contributed by atoms with Gasteiger partial charge in [0.05, 0.1) is 34.6 Å². The normalized spacial score (nSPS) is 11.7. The minimum Gasteiger partial charge on any atom is -0.335 e. The van der Waals surface area contributed by atoms with Crippen LogP contribution in [0.1, 0.15) is 25.8 Å². The first-order valence-electron chi connectivity index (χ1n) is 14.5. The van der Waals surface area contributed by atoms with Crippen LogP contribution >= 0.6 is 0 Å². The molecule has 2 aromatic carbocycles. The van der Waals surface area contributed by atoms with Crippen molar-refractivity contribution in [2.24, 2.45) is 5.92 Å². The molecule has 224 valence electrons. The summed E-state index contributed by atoms with van der Waals surface area (Å²) in [7, 11) is 3.94. The van der Waals surface area contributed by atoms with Gasteiger partial charge in [0.1, 0.15) is 11.5 Å². The van der Waals surface area contributed by atoms with Gasteiger partial charge in [0.2, 0.25) is 5.91 Å². The molecule has 0 saturated heterocycles. The minimum absolute atomic E-state index is 0.0410. The zero-order chi connectivity index (χ0) is 30.8. The van der Waals surface area contributed by atoms with Gasteiger partial charge in [0.25, 0.3) is 0 Å². The number of rotatable bonds is 10. The van der Waals surface area contributed by atoms with E-state index >= 15 is 0 Å². The van der Waals surface area contributed by atoms with Crippen molar-refractivity contribution in [3.8, 4) is 33.8 Å². The van der Waals surface area contributed by atoms with Crippen LogP contribution in [0.5, 0.6) is 0 Å². The maximum Gasteiger partial charge on any atom is 0.224 e. The van der Waals surface area contributed by atoms with Crippen LogP contribution in [0, 0.1) is 11.7 Å². The molecule has 0 unspecified atom stereocenters. The fraction of sp³-hybridized carbons (Fsp3) is 0.242. The molecule has 4 heterocycles. The molecule has 6 aromatic rings. The van der Waals surface area contributed by atoms with Crippen LogP contribution in [0.3, 0.4) is 0 Å². The summed E-state index contributed by atoms with van der Waals surface area (Å²) in [6.07, 6.45) is 7.27. The molecule has 0 spiro atoms. The molecule has 11 heteroatoms. The molecule has 4 N–H and O–H groups in total. The van der Waals surface area contributed by atoms with E-state index in [0.29, 0.717) is 47.9 Å². The van der Waals surface area contributed by atoms with Crippen LogP contribution in [-0.2, 0) is 11.3 Å². The molecule has 0 aliphatic heterocycles. The summed E-state index contributed by atoms with van der Waals surface area (Å²) < 4.78 is 14.7. The fourth-order valence-electron chi connectivity index (χ4n) is 5.21. The van der Waals surface area contributed by atoms with Crippen molar-refractivity contribution in [2.75, 3.05) is 26.1 Å². The Morgan fingerprint density at radius 3 is 2.61 bits per heavy atom. The van der Waals surface area contributed by atoms with Gasteiger partial charge in [-0.3, -0.25) is 24.8 Å². The smallest absolute Gasteiger partial charge is 0.224 e. The number of aromatic nitrogens is 6. The topological polar surface area (TPSA) is 128 Å². The van der Waals surface area contributed by atoms with Crippen molar-refractivity contribution < 1.29 is 9.18 Å². The van der Waals surface area contributed by atoms with Gasteiger partial charge < -0.3 is 15.6 Å². The molecule has 4 aromatic heterocycles. The number of benzene rings is 2. The first kappa shape index (κ1) is 29.1. The Morgan fingerprint density at radius 2 is 1.80 bits per heavy atom. The number of amides is 1. The summed E-state index contributed by atoms with van der Waals surface area (Å²) >= 11 is 0. The SMILES string of the molecule is CC(C)CC(=O)Nc1cncc(-c2ccc3[nH]nc(-c4nc5c(-c6cc(F)cc(CNCN(C)C)c6)cncc5[nH]4)c3c2)c1. The maximum absolute atomic E-state index is 14.7. The lowest BCUT2D eigenvalue weighted by Crippen LogP contribution is -2.27. The molecule has 1 amide bonds. The second-order valence-corrected chi connectivity index (χ2v) is 11.6. The van der Waals surface area contributed by atoms with E-state index in [1.807, 2.05) is 63.2 Å². The predicted molar refractivity (Wildman–Crippen MR) is 171 cm³/mol. The number of nitrogens with one attached hydrogen (secondary N) is 4. The van der Waals surface area contributed by atoms with Crippen LogP contribution in [0.25, 0.3) is 55.7 Å². The summed E-state index contributed by atoms with van der Waals surface area (Å²) in [4.78, 5) is 31.4. The Hall–Kier alpha value is -5.00. The lowest BCUT2D eigenvalue weighted by Gasteiger charge is -2.12. The van der Waals surface area contributed by atoms with Crippen molar-refractivity contribution in [2.45, 2.75) is 26.8 Å². The van der Waals surface area contributed by atoms with E-state index in [1.165, 1.54) is 12.1 Å². The van der Waals surface area contributed by atoms with Gasteiger partial charge in [0, 0.05) is 48.5 Å². The number of imidazole rings is 1. The van der Waals surface area contributed by atoms with Crippen LogP contribution in [0.2, 0.25) is 0 Å². The van der Waals surface area contributed by atoms with E-state index in [1.54, 1.807) is 24.8 Å². The standard InChI is InChI=1S/C33H34FN9O/c1-19(2)7-30(44)38-25-11-23(14-35-15-25)21-5-6-28-26(12-21)32(42-41-28)33-39-29-17-36-16-27(31(29)40-33)22-8-20(9-24(34)10-22)13-37-18-43(3)4/h5-6,8-12,14-17,19,37H,7,13,18H2,1-4H3,(H,38,44)(H,39,40)(H,41,42). The highest BCUT2D eigenvalue weighted by molar-refractivity contribution is 5.98. The largest absolute Gasteiger partial charge is 0.335 e. The van der Waals surface area contributed by atoms with Gasteiger partial charge in [-0.2, -0.15) is 5.10 Å². The molecular formula is C33H34FN9O. The predicted octanol–water partition coefficient (Wildman–Crippen LogP) is 5.96. The van der Waals surface area contributed by atoms with Crippen molar-refractivity contribution in [1.82, 2.24) is 40.3 Å². The summed E-state index contributed by atoms with van der Waals surface area (Å²) in [6.45, 7) is 5.23. The number of aromatic amines is 2. The van der Waals surface area contributed by atoms with E-state index in [2.05, 4.69) is 35.8 Å². The van der Waals surface area contributed by atoms with Gasteiger partial charge >= 0.3 is 0 Å². The van der Waals surface area contributed by atoms with Crippen LogP contribution in [0.15, 0.2) is 67.3 Å². The number of H-pyrrole nitrogens is 2. The number of nitrogens with zero attached hydrogens (tertiary/aromatic N) is 5. The minimum atomic E-state index is -0.319. The molecule has 0 saturated carbocycles. The van der Waals surface area contributed by atoms with E-state index in [4.69, 9.17) is 4.98 Å². The molecule has 0 fully saturated rings. The quantitative estimate of drug-likeness (QED) is 0.145. The molecule has 0 bridgehead atoms. The third kappa shape index (κ3) is 6.34. The number of hydrogen-bond acceptors (Lipinski definition) is 7. The second kappa shape index (κ2) is 12.3. The number of anilines is 1. The Bertz CT molecular complexity index is 1960. The van der Waals surface area contributed by atoms with Crippen molar-refractivity contribution in [3.63, 3.8) is 0 Å². The number of carbonyl (C=O) groups excluding carboxylic acids is 1. The lowest BCUT2D eigenvalue weighted by atomic mass is 10.0. The Morgan fingerprint density at radius 1 is 0.955 bits per heavy atom. The van der Waals surface area contributed by atoms with E-state index < -0.39 is 0 Å². The van der Waals surface area contributed by atoms with Gasteiger partial charge in [-0.1, -0.05) is 19.9 Å².